The van der Waals surface area contributed by atoms with Gasteiger partial charge in [-0.05, 0) is 31.3 Å². The van der Waals surface area contributed by atoms with Gasteiger partial charge in [-0.15, -0.1) is 12.4 Å². The lowest BCUT2D eigenvalue weighted by Crippen LogP contribution is -2.38. The average Bonchev–Trinajstić information content (AvgIpc) is 2.54. The Labute approximate surface area is 117 Å². The molecule has 1 unspecified atom stereocenters. The van der Waals surface area contributed by atoms with E-state index in [2.05, 4.69) is 42.7 Å². The van der Waals surface area contributed by atoms with Crippen LogP contribution >= 0.6 is 24.2 Å². The molecule has 0 aromatic rings. The Bertz CT molecular complexity index is 240. The van der Waals surface area contributed by atoms with Crippen molar-refractivity contribution in [3.05, 3.63) is 0 Å². The van der Waals surface area contributed by atoms with E-state index in [0.717, 1.165) is 0 Å². The SMILES string of the molecule is CC1(CN2CCSC(C)(C)CC2)CCNC1.Cl. The van der Waals surface area contributed by atoms with Gasteiger partial charge in [-0.1, -0.05) is 20.8 Å². The van der Waals surface area contributed by atoms with Crippen LogP contribution in [0.5, 0.6) is 0 Å². The minimum Gasteiger partial charge on any atom is -0.316 e. The summed E-state index contributed by atoms with van der Waals surface area (Å²) in [6.07, 6.45) is 2.68. The number of thioether (sulfide) groups is 1. The van der Waals surface area contributed by atoms with Crippen molar-refractivity contribution in [2.45, 2.75) is 38.4 Å². The maximum absolute atomic E-state index is 3.50. The molecule has 2 aliphatic heterocycles. The second kappa shape index (κ2) is 6.14. The zero-order valence-corrected chi connectivity index (χ0v) is 13.1. The van der Waals surface area contributed by atoms with E-state index in [9.17, 15) is 0 Å². The molecule has 0 aliphatic carbocycles. The predicted molar refractivity (Wildman–Crippen MR) is 80.4 cm³/mol. The van der Waals surface area contributed by atoms with Gasteiger partial charge in [0.25, 0.3) is 0 Å². The van der Waals surface area contributed by atoms with Crippen molar-refractivity contribution in [1.82, 2.24) is 10.2 Å². The zero-order valence-electron chi connectivity index (χ0n) is 11.4. The lowest BCUT2D eigenvalue weighted by molar-refractivity contribution is 0.184. The van der Waals surface area contributed by atoms with Gasteiger partial charge in [-0.3, -0.25) is 0 Å². The van der Waals surface area contributed by atoms with Gasteiger partial charge in [-0.25, -0.2) is 0 Å². The Morgan fingerprint density at radius 1 is 1.18 bits per heavy atom. The minimum absolute atomic E-state index is 0. The van der Waals surface area contributed by atoms with Crippen LogP contribution in [0.1, 0.15) is 33.6 Å². The monoisotopic (exact) mass is 278 g/mol. The van der Waals surface area contributed by atoms with Gasteiger partial charge in [0.1, 0.15) is 0 Å². The van der Waals surface area contributed by atoms with E-state index >= 15 is 0 Å². The summed E-state index contributed by atoms with van der Waals surface area (Å²) in [5.74, 6) is 1.30. The number of halogens is 1. The Hall–Kier alpha value is 0.560. The van der Waals surface area contributed by atoms with Crippen LogP contribution < -0.4 is 5.32 Å². The van der Waals surface area contributed by atoms with Crippen molar-refractivity contribution in [2.75, 3.05) is 38.5 Å². The van der Waals surface area contributed by atoms with Crippen molar-refractivity contribution in [2.24, 2.45) is 5.41 Å². The van der Waals surface area contributed by atoms with E-state index in [1.165, 1.54) is 51.3 Å². The lowest BCUT2D eigenvalue weighted by Gasteiger charge is -2.31. The first-order chi connectivity index (χ1) is 7.49. The van der Waals surface area contributed by atoms with Crippen LogP contribution in [-0.4, -0.2) is 48.1 Å². The Balaban J connectivity index is 0.00000144. The minimum atomic E-state index is 0. The van der Waals surface area contributed by atoms with Crippen molar-refractivity contribution in [3.63, 3.8) is 0 Å². The van der Waals surface area contributed by atoms with Crippen LogP contribution in [0.4, 0.5) is 0 Å². The van der Waals surface area contributed by atoms with Crippen LogP contribution in [-0.2, 0) is 0 Å². The number of nitrogens with zero attached hydrogens (tertiary/aromatic N) is 1. The standard InChI is InChI=1S/C13H26N2S.ClH/c1-12(2)5-7-15(8-9-16-12)11-13(3)4-6-14-10-13;/h14H,4-11H2,1-3H3;1H. The highest BCUT2D eigenvalue weighted by Crippen LogP contribution is 2.32. The fourth-order valence-electron chi connectivity index (χ4n) is 2.76. The Morgan fingerprint density at radius 2 is 1.94 bits per heavy atom. The summed E-state index contributed by atoms with van der Waals surface area (Å²) >= 11 is 2.14. The molecular weight excluding hydrogens is 252 g/mol. The van der Waals surface area contributed by atoms with Gasteiger partial charge in [0, 0.05) is 30.1 Å². The third-order valence-corrected chi connectivity index (χ3v) is 5.37. The summed E-state index contributed by atoms with van der Waals surface area (Å²) in [6, 6.07) is 0. The summed E-state index contributed by atoms with van der Waals surface area (Å²) in [6.45, 7) is 13.5. The summed E-state index contributed by atoms with van der Waals surface area (Å²) in [5.41, 5.74) is 0.527. The average molecular weight is 279 g/mol. The van der Waals surface area contributed by atoms with Crippen LogP contribution in [0.2, 0.25) is 0 Å². The molecule has 0 radical (unpaired) electrons. The third-order valence-electron chi connectivity index (χ3n) is 3.99. The molecule has 2 heterocycles. The molecule has 2 rings (SSSR count). The second-order valence-corrected chi connectivity index (χ2v) is 8.17. The molecule has 1 N–H and O–H groups in total. The topological polar surface area (TPSA) is 15.3 Å². The molecule has 17 heavy (non-hydrogen) atoms. The largest absolute Gasteiger partial charge is 0.316 e. The van der Waals surface area contributed by atoms with E-state index < -0.39 is 0 Å². The summed E-state index contributed by atoms with van der Waals surface area (Å²) in [5, 5.41) is 3.50. The Kier molecular flexibility index (Phi) is 5.64. The molecule has 0 aromatic carbocycles. The van der Waals surface area contributed by atoms with Crippen LogP contribution in [0.25, 0.3) is 0 Å². The number of hydrogen-bond donors (Lipinski definition) is 1. The molecule has 0 saturated carbocycles. The molecule has 1 atom stereocenters. The number of rotatable bonds is 2. The van der Waals surface area contributed by atoms with Gasteiger partial charge >= 0.3 is 0 Å². The van der Waals surface area contributed by atoms with Gasteiger partial charge < -0.3 is 10.2 Å². The number of nitrogens with one attached hydrogen (secondary N) is 1. The molecule has 0 amide bonds. The van der Waals surface area contributed by atoms with Crippen molar-refractivity contribution < 1.29 is 0 Å². The summed E-state index contributed by atoms with van der Waals surface area (Å²) < 4.78 is 0.490. The fourth-order valence-corrected chi connectivity index (χ4v) is 3.90. The second-order valence-electron chi connectivity index (χ2n) is 6.37. The van der Waals surface area contributed by atoms with E-state index in [4.69, 9.17) is 0 Å². The summed E-state index contributed by atoms with van der Waals surface area (Å²) in [7, 11) is 0. The predicted octanol–water partition coefficient (Wildman–Crippen LogP) is 2.63. The lowest BCUT2D eigenvalue weighted by atomic mass is 9.89. The molecule has 0 aromatic heterocycles. The van der Waals surface area contributed by atoms with Gasteiger partial charge in [0.2, 0.25) is 0 Å². The fraction of sp³-hybridized carbons (Fsp3) is 1.00. The van der Waals surface area contributed by atoms with Gasteiger partial charge in [-0.2, -0.15) is 11.8 Å². The molecular formula is C13H27ClN2S. The first kappa shape index (κ1) is 15.6. The van der Waals surface area contributed by atoms with Crippen LogP contribution in [0, 0.1) is 5.41 Å². The maximum atomic E-state index is 3.50. The highest BCUT2D eigenvalue weighted by atomic mass is 35.5. The van der Waals surface area contributed by atoms with E-state index in [1.807, 2.05) is 0 Å². The van der Waals surface area contributed by atoms with Gasteiger partial charge in [0.05, 0.1) is 0 Å². The van der Waals surface area contributed by atoms with Gasteiger partial charge in [0.15, 0.2) is 0 Å². The third kappa shape index (κ3) is 4.62. The molecule has 2 saturated heterocycles. The van der Waals surface area contributed by atoms with Crippen molar-refractivity contribution >= 4 is 24.2 Å². The summed E-state index contributed by atoms with van der Waals surface area (Å²) in [4.78, 5) is 2.69. The molecule has 102 valence electrons. The highest BCUT2D eigenvalue weighted by Gasteiger charge is 2.32. The molecule has 0 spiro atoms. The molecule has 4 heteroatoms. The van der Waals surface area contributed by atoms with Crippen molar-refractivity contribution in [1.29, 1.82) is 0 Å². The van der Waals surface area contributed by atoms with Crippen LogP contribution in [0.3, 0.4) is 0 Å². The molecule has 0 bridgehead atoms. The molecule has 2 aliphatic rings. The Morgan fingerprint density at radius 3 is 2.59 bits per heavy atom. The molecule has 2 fully saturated rings. The normalized spacial score (nSPS) is 34.1. The highest BCUT2D eigenvalue weighted by molar-refractivity contribution is 8.00. The van der Waals surface area contributed by atoms with Crippen LogP contribution in [0.15, 0.2) is 0 Å². The van der Waals surface area contributed by atoms with E-state index in [-0.39, 0.29) is 12.4 Å². The van der Waals surface area contributed by atoms with E-state index in [0.29, 0.717) is 10.2 Å². The first-order valence-corrected chi connectivity index (χ1v) is 7.55. The quantitative estimate of drug-likeness (QED) is 0.836. The van der Waals surface area contributed by atoms with E-state index in [1.54, 1.807) is 0 Å². The smallest absolute Gasteiger partial charge is 0.0116 e. The van der Waals surface area contributed by atoms with Crippen molar-refractivity contribution in [3.8, 4) is 0 Å². The number of hydrogen-bond acceptors (Lipinski definition) is 3. The molecule has 2 nitrogen and oxygen atoms in total. The zero-order chi connectivity index (χ0) is 11.6. The first-order valence-electron chi connectivity index (χ1n) is 6.56. The maximum Gasteiger partial charge on any atom is 0.0116 e.